The Kier molecular flexibility index (Phi) is 6.89. The van der Waals surface area contributed by atoms with Crippen LogP contribution in [0.15, 0.2) is 53.4 Å². The zero-order valence-corrected chi connectivity index (χ0v) is 18.4. The maximum atomic E-state index is 12.3. The van der Waals surface area contributed by atoms with Gasteiger partial charge in [0.25, 0.3) is 0 Å². The summed E-state index contributed by atoms with van der Waals surface area (Å²) < 4.78 is 25.4. The fourth-order valence-corrected chi connectivity index (χ4v) is 4.24. The van der Waals surface area contributed by atoms with E-state index in [1.165, 1.54) is 24.5 Å². The molecule has 1 aliphatic rings. The van der Waals surface area contributed by atoms with E-state index in [2.05, 4.69) is 15.2 Å². The molecule has 30 heavy (non-hydrogen) atoms. The average molecular weight is 429 g/mol. The fraction of sp³-hybridized carbons (Fsp3) is 0.364. The van der Waals surface area contributed by atoms with Gasteiger partial charge in [0.15, 0.2) is 0 Å². The quantitative estimate of drug-likeness (QED) is 0.715. The van der Waals surface area contributed by atoms with Crippen molar-refractivity contribution in [3.05, 3.63) is 59.8 Å². The van der Waals surface area contributed by atoms with Crippen molar-refractivity contribution in [2.24, 2.45) is 0 Å². The third-order valence-corrected chi connectivity index (χ3v) is 6.95. The van der Waals surface area contributed by atoms with Crippen LogP contribution in [0, 0.1) is 6.92 Å². The van der Waals surface area contributed by atoms with Crippen LogP contribution in [0.5, 0.6) is 0 Å². The number of piperidine rings is 1. The van der Waals surface area contributed by atoms with Gasteiger partial charge in [0.1, 0.15) is 5.82 Å². The van der Waals surface area contributed by atoms with E-state index in [0.29, 0.717) is 0 Å². The third-order valence-electron chi connectivity index (χ3n) is 5.12. The molecule has 7 nitrogen and oxygen atoms in total. The van der Waals surface area contributed by atoms with Gasteiger partial charge in [-0.2, -0.15) is 0 Å². The average Bonchev–Trinajstić information content (AvgIpc) is 2.73. The molecule has 0 atom stereocenters. The summed E-state index contributed by atoms with van der Waals surface area (Å²) in [4.78, 5) is 19.3. The van der Waals surface area contributed by atoms with E-state index in [9.17, 15) is 13.2 Å². The summed E-state index contributed by atoms with van der Waals surface area (Å²) in [6.45, 7) is 3.69. The highest BCUT2D eigenvalue weighted by Gasteiger charge is 2.21. The van der Waals surface area contributed by atoms with Crippen molar-refractivity contribution >= 4 is 27.8 Å². The van der Waals surface area contributed by atoms with Gasteiger partial charge in [-0.1, -0.05) is 18.2 Å². The Balaban J connectivity index is 1.51. The first kappa shape index (κ1) is 22.0. The van der Waals surface area contributed by atoms with E-state index < -0.39 is 10.0 Å². The number of amides is 1. The first-order valence-electron chi connectivity index (χ1n) is 9.95. The molecule has 3 rings (SSSR count). The predicted molar refractivity (Wildman–Crippen MR) is 119 cm³/mol. The van der Waals surface area contributed by atoms with Crippen LogP contribution in [0.1, 0.15) is 24.1 Å². The minimum atomic E-state index is -3.45. The molecule has 1 N–H and O–H groups in total. The summed E-state index contributed by atoms with van der Waals surface area (Å²) in [5.41, 5.74) is 1.77. The maximum absolute atomic E-state index is 12.3. The van der Waals surface area contributed by atoms with Gasteiger partial charge in [-0.3, -0.25) is 4.79 Å². The molecule has 1 aliphatic heterocycles. The SMILES string of the molecule is Cc1cccc(N2CCC(NC(=O)/C=C/c3ccc(S(=O)(=O)N(C)C)cc3)CC2)n1. The number of rotatable bonds is 6. The normalized spacial score (nSPS) is 15.7. The van der Waals surface area contributed by atoms with E-state index in [-0.39, 0.29) is 16.8 Å². The minimum Gasteiger partial charge on any atom is -0.356 e. The second kappa shape index (κ2) is 9.40. The molecule has 1 amide bonds. The molecule has 0 unspecified atom stereocenters. The number of hydrogen-bond donors (Lipinski definition) is 1. The van der Waals surface area contributed by atoms with Crippen molar-refractivity contribution in [3.8, 4) is 0 Å². The molecule has 0 bridgehead atoms. The van der Waals surface area contributed by atoms with Gasteiger partial charge < -0.3 is 10.2 Å². The van der Waals surface area contributed by atoms with Crippen LogP contribution in [-0.4, -0.2) is 56.8 Å². The molecule has 1 aromatic carbocycles. The lowest BCUT2D eigenvalue weighted by molar-refractivity contribution is -0.117. The van der Waals surface area contributed by atoms with Gasteiger partial charge >= 0.3 is 0 Å². The van der Waals surface area contributed by atoms with Crippen LogP contribution in [0.2, 0.25) is 0 Å². The number of carbonyl (C=O) groups is 1. The van der Waals surface area contributed by atoms with Crippen molar-refractivity contribution in [3.63, 3.8) is 0 Å². The topological polar surface area (TPSA) is 82.6 Å². The zero-order valence-electron chi connectivity index (χ0n) is 17.6. The minimum absolute atomic E-state index is 0.135. The van der Waals surface area contributed by atoms with Gasteiger partial charge in [0, 0.05) is 45.0 Å². The largest absolute Gasteiger partial charge is 0.356 e. The summed E-state index contributed by atoms with van der Waals surface area (Å²) in [7, 11) is -0.459. The maximum Gasteiger partial charge on any atom is 0.244 e. The predicted octanol–water partition coefficient (Wildman–Crippen LogP) is 2.44. The molecule has 2 aromatic rings. The molecule has 0 saturated carbocycles. The van der Waals surface area contributed by atoms with Crippen LogP contribution < -0.4 is 10.2 Å². The summed E-state index contributed by atoms with van der Waals surface area (Å²) in [6.07, 6.45) is 4.91. The van der Waals surface area contributed by atoms with Crippen molar-refractivity contribution in [1.29, 1.82) is 0 Å². The standard InChI is InChI=1S/C22H28N4O3S/c1-17-5-4-6-21(23-17)26-15-13-19(14-16-26)24-22(27)12-9-18-7-10-20(11-8-18)30(28,29)25(2)3/h4-12,19H,13-16H2,1-3H3,(H,24,27)/b12-9+. The van der Waals surface area contributed by atoms with Crippen LogP contribution in [-0.2, 0) is 14.8 Å². The van der Waals surface area contributed by atoms with Crippen LogP contribution in [0.25, 0.3) is 6.08 Å². The van der Waals surface area contributed by atoms with Crippen LogP contribution >= 0.6 is 0 Å². The number of nitrogens with zero attached hydrogens (tertiary/aromatic N) is 3. The van der Waals surface area contributed by atoms with E-state index in [1.807, 2.05) is 25.1 Å². The van der Waals surface area contributed by atoms with Crippen molar-refractivity contribution in [2.45, 2.75) is 30.7 Å². The number of nitrogens with one attached hydrogen (secondary N) is 1. The Morgan fingerprint density at radius 2 is 1.80 bits per heavy atom. The highest BCUT2D eigenvalue weighted by atomic mass is 32.2. The number of carbonyl (C=O) groups excluding carboxylic acids is 1. The lowest BCUT2D eigenvalue weighted by atomic mass is 10.0. The van der Waals surface area contributed by atoms with Gasteiger partial charge in [-0.05, 0) is 55.7 Å². The number of sulfonamides is 1. The molecule has 8 heteroatoms. The Labute approximate surface area is 178 Å². The Bertz CT molecular complexity index is 1010. The lowest BCUT2D eigenvalue weighted by Crippen LogP contribution is -2.44. The lowest BCUT2D eigenvalue weighted by Gasteiger charge is -2.33. The summed E-state index contributed by atoms with van der Waals surface area (Å²) in [5, 5.41) is 3.05. The Morgan fingerprint density at radius 3 is 2.40 bits per heavy atom. The molecular weight excluding hydrogens is 400 g/mol. The van der Waals surface area contributed by atoms with Gasteiger partial charge in [-0.25, -0.2) is 17.7 Å². The van der Waals surface area contributed by atoms with E-state index in [4.69, 9.17) is 0 Å². The highest BCUT2D eigenvalue weighted by Crippen LogP contribution is 2.18. The second-order valence-electron chi connectivity index (χ2n) is 7.60. The van der Waals surface area contributed by atoms with Crippen LogP contribution in [0.3, 0.4) is 0 Å². The molecule has 0 aliphatic carbocycles. The number of pyridine rings is 1. The molecule has 0 spiro atoms. The summed E-state index contributed by atoms with van der Waals surface area (Å²) in [6, 6.07) is 12.6. The number of hydrogen-bond acceptors (Lipinski definition) is 5. The second-order valence-corrected chi connectivity index (χ2v) is 9.75. The first-order chi connectivity index (χ1) is 14.3. The fourth-order valence-electron chi connectivity index (χ4n) is 3.34. The van der Waals surface area contributed by atoms with E-state index in [1.54, 1.807) is 30.3 Å². The molecule has 160 valence electrons. The monoisotopic (exact) mass is 428 g/mol. The molecule has 1 saturated heterocycles. The number of aromatic nitrogens is 1. The van der Waals surface area contributed by atoms with Crippen molar-refractivity contribution in [1.82, 2.24) is 14.6 Å². The third kappa shape index (κ3) is 5.46. The van der Waals surface area contributed by atoms with Crippen molar-refractivity contribution < 1.29 is 13.2 Å². The van der Waals surface area contributed by atoms with Gasteiger partial charge in [-0.15, -0.1) is 0 Å². The molecular formula is C22H28N4O3S. The molecule has 1 fully saturated rings. The van der Waals surface area contributed by atoms with Crippen LogP contribution in [0.4, 0.5) is 5.82 Å². The summed E-state index contributed by atoms with van der Waals surface area (Å²) in [5.74, 6) is 0.839. The number of benzene rings is 1. The van der Waals surface area contributed by atoms with E-state index in [0.717, 1.165) is 43.0 Å². The van der Waals surface area contributed by atoms with Crippen molar-refractivity contribution in [2.75, 3.05) is 32.1 Å². The molecule has 0 radical (unpaired) electrons. The summed E-state index contributed by atoms with van der Waals surface area (Å²) >= 11 is 0. The van der Waals surface area contributed by atoms with Gasteiger partial charge in [0.2, 0.25) is 15.9 Å². The highest BCUT2D eigenvalue weighted by molar-refractivity contribution is 7.89. The van der Waals surface area contributed by atoms with E-state index >= 15 is 0 Å². The first-order valence-corrected chi connectivity index (χ1v) is 11.4. The van der Waals surface area contributed by atoms with Gasteiger partial charge in [0.05, 0.1) is 4.90 Å². The molecule has 2 heterocycles. The Morgan fingerprint density at radius 1 is 1.13 bits per heavy atom. The number of aryl methyl sites for hydroxylation is 1. The number of anilines is 1. The molecule has 1 aromatic heterocycles. The smallest absolute Gasteiger partial charge is 0.244 e. The zero-order chi connectivity index (χ0) is 21.7. The Hall–Kier alpha value is -2.71.